The SMILES string of the molecule is c1cc2c(cc1C1CC3CCC(C1)N3)OCC2. The van der Waals surface area contributed by atoms with E-state index < -0.39 is 0 Å². The molecule has 2 heteroatoms. The number of ether oxygens (including phenoxy) is 1. The van der Waals surface area contributed by atoms with E-state index in [4.69, 9.17) is 4.74 Å². The van der Waals surface area contributed by atoms with Gasteiger partial charge in [0.15, 0.2) is 0 Å². The van der Waals surface area contributed by atoms with Crippen LogP contribution in [0, 0.1) is 0 Å². The maximum atomic E-state index is 5.68. The van der Waals surface area contributed by atoms with Gasteiger partial charge in [0.1, 0.15) is 5.75 Å². The van der Waals surface area contributed by atoms with E-state index in [1.807, 2.05) is 0 Å². The number of fused-ring (bicyclic) bond motifs is 3. The van der Waals surface area contributed by atoms with Gasteiger partial charge >= 0.3 is 0 Å². The van der Waals surface area contributed by atoms with Crippen molar-refractivity contribution < 1.29 is 4.74 Å². The Labute approximate surface area is 102 Å². The third-order valence-electron chi connectivity index (χ3n) is 4.66. The molecule has 2 bridgehead atoms. The first-order valence-electron chi connectivity index (χ1n) is 6.90. The molecule has 1 aromatic carbocycles. The summed E-state index contributed by atoms with van der Waals surface area (Å²) < 4.78 is 5.68. The summed E-state index contributed by atoms with van der Waals surface area (Å²) in [6, 6.07) is 8.46. The van der Waals surface area contributed by atoms with E-state index in [2.05, 4.69) is 23.5 Å². The summed E-state index contributed by atoms with van der Waals surface area (Å²) in [7, 11) is 0. The van der Waals surface area contributed by atoms with Crippen molar-refractivity contribution >= 4 is 0 Å². The van der Waals surface area contributed by atoms with Gasteiger partial charge in [-0.3, -0.25) is 0 Å². The van der Waals surface area contributed by atoms with Gasteiger partial charge in [-0.2, -0.15) is 0 Å². The predicted octanol–water partition coefficient (Wildman–Crippen LogP) is 2.62. The molecule has 3 aliphatic heterocycles. The fraction of sp³-hybridized carbons (Fsp3) is 0.600. The Kier molecular flexibility index (Phi) is 2.19. The normalized spacial score (nSPS) is 34.5. The van der Waals surface area contributed by atoms with Crippen LogP contribution >= 0.6 is 0 Å². The number of piperidine rings is 1. The van der Waals surface area contributed by atoms with Crippen molar-refractivity contribution in [3.05, 3.63) is 29.3 Å². The van der Waals surface area contributed by atoms with Gasteiger partial charge in [-0.1, -0.05) is 12.1 Å². The topological polar surface area (TPSA) is 21.3 Å². The second-order valence-electron chi connectivity index (χ2n) is 5.77. The zero-order valence-corrected chi connectivity index (χ0v) is 10.1. The maximum Gasteiger partial charge on any atom is 0.122 e. The van der Waals surface area contributed by atoms with Crippen LogP contribution in [-0.4, -0.2) is 18.7 Å². The molecule has 0 aromatic heterocycles. The van der Waals surface area contributed by atoms with Gasteiger partial charge in [0.05, 0.1) is 6.61 Å². The molecule has 0 amide bonds. The van der Waals surface area contributed by atoms with E-state index in [9.17, 15) is 0 Å². The highest BCUT2D eigenvalue weighted by Gasteiger charge is 2.34. The molecule has 0 radical (unpaired) electrons. The zero-order chi connectivity index (χ0) is 11.2. The van der Waals surface area contributed by atoms with Gasteiger partial charge in [0.2, 0.25) is 0 Å². The molecule has 17 heavy (non-hydrogen) atoms. The van der Waals surface area contributed by atoms with Crippen LogP contribution < -0.4 is 10.1 Å². The van der Waals surface area contributed by atoms with Crippen molar-refractivity contribution in [2.24, 2.45) is 0 Å². The lowest BCUT2D eigenvalue weighted by Crippen LogP contribution is -2.37. The number of hydrogen-bond acceptors (Lipinski definition) is 2. The highest BCUT2D eigenvalue weighted by molar-refractivity contribution is 5.41. The standard InChI is InChI=1S/C15H19NO/c1-2-11(9-15-10(1)5-6-17-15)12-7-13-3-4-14(8-12)16-13/h1-2,9,12-14,16H,3-8H2. The Morgan fingerprint density at radius 2 is 1.94 bits per heavy atom. The molecule has 4 rings (SSSR count). The third-order valence-corrected chi connectivity index (χ3v) is 4.66. The molecule has 0 spiro atoms. The average molecular weight is 229 g/mol. The Morgan fingerprint density at radius 3 is 2.76 bits per heavy atom. The summed E-state index contributed by atoms with van der Waals surface area (Å²) in [5, 5.41) is 3.71. The molecule has 90 valence electrons. The highest BCUT2D eigenvalue weighted by Crippen LogP contribution is 2.39. The minimum atomic E-state index is 0.753. The molecule has 1 aromatic rings. The van der Waals surface area contributed by atoms with Crippen LogP contribution in [0.2, 0.25) is 0 Å². The van der Waals surface area contributed by atoms with Crippen LogP contribution in [0.15, 0.2) is 18.2 Å². The van der Waals surface area contributed by atoms with E-state index in [1.165, 1.54) is 36.8 Å². The fourth-order valence-electron chi connectivity index (χ4n) is 3.77. The van der Waals surface area contributed by atoms with Crippen LogP contribution in [0.5, 0.6) is 5.75 Å². The summed E-state index contributed by atoms with van der Waals surface area (Å²) in [6.07, 6.45) is 6.48. The largest absolute Gasteiger partial charge is 0.493 e. The number of nitrogens with one attached hydrogen (secondary N) is 1. The number of benzene rings is 1. The molecule has 2 nitrogen and oxygen atoms in total. The summed E-state index contributed by atoms with van der Waals surface area (Å²) in [4.78, 5) is 0. The Hall–Kier alpha value is -1.02. The lowest BCUT2D eigenvalue weighted by Gasteiger charge is -2.29. The predicted molar refractivity (Wildman–Crippen MR) is 67.6 cm³/mol. The quantitative estimate of drug-likeness (QED) is 0.799. The van der Waals surface area contributed by atoms with Crippen LogP contribution in [0.4, 0.5) is 0 Å². The van der Waals surface area contributed by atoms with Gasteiger partial charge < -0.3 is 10.1 Å². The average Bonchev–Trinajstić information content (AvgIpc) is 2.94. The molecule has 1 N–H and O–H groups in total. The monoisotopic (exact) mass is 229 g/mol. The van der Waals surface area contributed by atoms with Crippen molar-refractivity contribution in [2.75, 3.05) is 6.61 Å². The minimum absolute atomic E-state index is 0.753. The van der Waals surface area contributed by atoms with E-state index in [0.29, 0.717) is 0 Å². The van der Waals surface area contributed by atoms with E-state index in [0.717, 1.165) is 36.8 Å². The molecule has 2 unspecified atom stereocenters. The highest BCUT2D eigenvalue weighted by atomic mass is 16.5. The van der Waals surface area contributed by atoms with E-state index in [1.54, 1.807) is 0 Å². The fourth-order valence-corrected chi connectivity index (χ4v) is 3.77. The Bertz CT molecular complexity index is 431. The number of hydrogen-bond donors (Lipinski definition) is 1. The summed E-state index contributed by atoms with van der Waals surface area (Å²) >= 11 is 0. The van der Waals surface area contributed by atoms with Crippen molar-refractivity contribution in [3.63, 3.8) is 0 Å². The Morgan fingerprint density at radius 1 is 1.12 bits per heavy atom. The molecule has 2 fully saturated rings. The summed E-state index contributed by atoms with van der Waals surface area (Å²) in [5.41, 5.74) is 2.90. The first-order valence-corrected chi connectivity index (χ1v) is 6.90. The van der Waals surface area contributed by atoms with E-state index >= 15 is 0 Å². The van der Waals surface area contributed by atoms with Crippen LogP contribution in [0.25, 0.3) is 0 Å². The number of rotatable bonds is 1. The van der Waals surface area contributed by atoms with E-state index in [-0.39, 0.29) is 0 Å². The van der Waals surface area contributed by atoms with Gasteiger partial charge in [0.25, 0.3) is 0 Å². The van der Waals surface area contributed by atoms with Gasteiger partial charge in [0, 0.05) is 18.5 Å². The van der Waals surface area contributed by atoms with Crippen molar-refractivity contribution in [2.45, 2.75) is 50.1 Å². The molecule has 3 aliphatic rings. The van der Waals surface area contributed by atoms with Crippen molar-refractivity contribution in [1.29, 1.82) is 0 Å². The van der Waals surface area contributed by atoms with Crippen LogP contribution in [-0.2, 0) is 6.42 Å². The molecular formula is C15H19NO. The first kappa shape index (κ1) is 9.95. The molecule has 3 heterocycles. The lowest BCUT2D eigenvalue weighted by molar-refractivity contribution is 0.350. The van der Waals surface area contributed by atoms with Crippen LogP contribution in [0.3, 0.4) is 0 Å². The maximum absolute atomic E-state index is 5.68. The summed E-state index contributed by atoms with van der Waals surface area (Å²) in [5.74, 6) is 1.90. The smallest absolute Gasteiger partial charge is 0.122 e. The minimum Gasteiger partial charge on any atom is -0.493 e. The second-order valence-corrected chi connectivity index (χ2v) is 5.77. The molecule has 2 atom stereocenters. The second kappa shape index (κ2) is 3.74. The van der Waals surface area contributed by atoms with Gasteiger partial charge in [-0.05, 0) is 48.8 Å². The lowest BCUT2D eigenvalue weighted by atomic mass is 9.86. The Balaban J connectivity index is 1.62. The van der Waals surface area contributed by atoms with Crippen LogP contribution in [0.1, 0.15) is 42.7 Å². The molecule has 2 saturated heterocycles. The third kappa shape index (κ3) is 1.66. The van der Waals surface area contributed by atoms with Crippen molar-refractivity contribution in [1.82, 2.24) is 5.32 Å². The van der Waals surface area contributed by atoms with Gasteiger partial charge in [-0.15, -0.1) is 0 Å². The molecule has 0 saturated carbocycles. The summed E-state index contributed by atoms with van der Waals surface area (Å²) in [6.45, 7) is 0.871. The molecule has 0 aliphatic carbocycles. The van der Waals surface area contributed by atoms with Gasteiger partial charge in [-0.25, -0.2) is 0 Å². The first-order chi connectivity index (χ1) is 8.38. The van der Waals surface area contributed by atoms with Crippen molar-refractivity contribution in [3.8, 4) is 5.75 Å². The molecular weight excluding hydrogens is 210 g/mol. The zero-order valence-electron chi connectivity index (χ0n) is 10.1.